The summed E-state index contributed by atoms with van der Waals surface area (Å²) in [5, 5.41) is 2.92. The van der Waals surface area contributed by atoms with E-state index >= 15 is 0 Å². The van der Waals surface area contributed by atoms with Crippen LogP contribution in [0.15, 0.2) is 67.0 Å². The van der Waals surface area contributed by atoms with Gasteiger partial charge in [-0.3, -0.25) is 4.79 Å². The summed E-state index contributed by atoms with van der Waals surface area (Å²) in [6, 6.07) is 17.9. The molecule has 1 aliphatic rings. The minimum absolute atomic E-state index is 0.218. The molecule has 6 heteroatoms. The summed E-state index contributed by atoms with van der Waals surface area (Å²) in [6.07, 6.45) is 6.91. The number of para-hydroxylation sites is 1. The highest BCUT2D eigenvalue weighted by Crippen LogP contribution is 2.22. The van der Waals surface area contributed by atoms with Crippen LogP contribution in [0, 0.1) is 0 Å². The lowest BCUT2D eigenvalue weighted by atomic mass is 10.1. The zero-order chi connectivity index (χ0) is 20.1. The van der Waals surface area contributed by atoms with Crippen molar-refractivity contribution < 1.29 is 4.79 Å². The van der Waals surface area contributed by atoms with E-state index in [0.717, 1.165) is 24.5 Å². The van der Waals surface area contributed by atoms with Crippen molar-refractivity contribution in [2.75, 3.05) is 35.3 Å². The number of aromatic nitrogens is 2. The van der Waals surface area contributed by atoms with Crippen molar-refractivity contribution in [3.8, 4) is 0 Å². The molecule has 0 bridgehead atoms. The van der Waals surface area contributed by atoms with Crippen LogP contribution in [0.3, 0.4) is 0 Å². The molecule has 2 heterocycles. The van der Waals surface area contributed by atoms with E-state index in [9.17, 15) is 4.79 Å². The van der Waals surface area contributed by atoms with E-state index in [4.69, 9.17) is 0 Å². The molecule has 1 aliphatic heterocycles. The standard InChI is InChI=1S/C23H25N5O/c1-27(20-8-4-2-5-9-20)23-24-16-18(17-25-23)22(29)26-19-10-12-21(13-11-19)28-14-6-3-7-15-28/h2,4-5,8-13,16-17H,3,6-7,14-15H2,1H3,(H,26,29). The molecule has 0 atom stereocenters. The van der Waals surface area contributed by atoms with Gasteiger partial charge in [0.05, 0.1) is 5.56 Å². The SMILES string of the molecule is CN(c1ccccc1)c1ncc(C(=O)Nc2ccc(N3CCCCC3)cc2)cn1. The highest BCUT2D eigenvalue weighted by Gasteiger charge is 2.13. The number of carbonyl (C=O) groups excluding carboxylic acids is 1. The molecule has 0 spiro atoms. The average molecular weight is 387 g/mol. The van der Waals surface area contributed by atoms with Crippen molar-refractivity contribution in [3.63, 3.8) is 0 Å². The average Bonchev–Trinajstić information content (AvgIpc) is 2.80. The van der Waals surface area contributed by atoms with Crippen LogP contribution >= 0.6 is 0 Å². The fourth-order valence-corrected chi connectivity index (χ4v) is 3.49. The molecule has 148 valence electrons. The molecule has 1 saturated heterocycles. The first-order chi connectivity index (χ1) is 14.2. The Balaban J connectivity index is 1.39. The normalized spacial score (nSPS) is 13.8. The minimum Gasteiger partial charge on any atom is -0.372 e. The van der Waals surface area contributed by atoms with Crippen molar-refractivity contribution >= 4 is 28.9 Å². The molecule has 3 aromatic rings. The van der Waals surface area contributed by atoms with E-state index in [-0.39, 0.29) is 5.91 Å². The third-order valence-corrected chi connectivity index (χ3v) is 5.19. The van der Waals surface area contributed by atoms with Gasteiger partial charge in [-0.15, -0.1) is 0 Å². The zero-order valence-corrected chi connectivity index (χ0v) is 16.6. The number of nitrogens with one attached hydrogen (secondary N) is 1. The number of rotatable bonds is 5. The number of hydrogen-bond acceptors (Lipinski definition) is 5. The first kappa shape index (κ1) is 18.9. The minimum atomic E-state index is -0.218. The molecule has 1 amide bonds. The van der Waals surface area contributed by atoms with Gasteiger partial charge >= 0.3 is 0 Å². The van der Waals surface area contributed by atoms with Gasteiger partial charge in [0.2, 0.25) is 5.95 Å². The van der Waals surface area contributed by atoms with Crippen molar-refractivity contribution in [1.82, 2.24) is 9.97 Å². The topological polar surface area (TPSA) is 61.4 Å². The number of hydrogen-bond donors (Lipinski definition) is 1. The zero-order valence-electron chi connectivity index (χ0n) is 16.6. The summed E-state index contributed by atoms with van der Waals surface area (Å²) in [7, 11) is 1.90. The molecule has 29 heavy (non-hydrogen) atoms. The molecule has 1 aromatic heterocycles. The van der Waals surface area contributed by atoms with E-state index in [0.29, 0.717) is 11.5 Å². The summed E-state index contributed by atoms with van der Waals surface area (Å²) >= 11 is 0. The summed E-state index contributed by atoms with van der Waals surface area (Å²) in [5.41, 5.74) is 3.38. The highest BCUT2D eigenvalue weighted by molar-refractivity contribution is 6.04. The molecular weight excluding hydrogens is 362 g/mol. The highest BCUT2D eigenvalue weighted by atomic mass is 16.1. The van der Waals surface area contributed by atoms with Gasteiger partial charge in [-0.2, -0.15) is 0 Å². The van der Waals surface area contributed by atoms with E-state index < -0.39 is 0 Å². The van der Waals surface area contributed by atoms with Crippen LogP contribution in [0.4, 0.5) is 23.0 Å². The summed E-state index contributed by atoms with van der Waals surface area (Å²) in [5.74, 6) is 0.322. The van der Waals surface area contributed by atoms with Gasteiger partial charge in [-0.05, 0) is 55.7 Å². The molecule has 0 saturated carbocycles. The molecule has 2 aromatic carbocycles. The maximum absolute atomic E-state index is 12.5. The van der Waals surface area contributed by atoms with E-state index in [2.05, 4.69) is 32.3 Å². The molecule has 6 nitrogen and oxygen atoms in total. The van der Waals surface area contributed by atoms with Gasteiger partial charge in [0, 0.05) is 49.6 Å². The van der Waals surface area contributed by atoms with Crippen molar-refractivity contribution in [2.45, 2.75) is 19.3 Å². The molecule has 1 N–H and O–H groups in total. The van der Waals surface area contributed by atoms with Gasteiger partial charge in [0.1, 0.15) is 0 Å². The summed E-state index contributed by atoms with van der Waals surface area (Å²) < 4.78 is 0. The van der Waals surface area contributed by atoms with Gasteiger partial charge in [-0.25, -0.2) is 9.97 Å². The fraction of sp³-hybridized carbons (Fsp3) is 0.261. The molecule has 0 aliphatic carbocycles. The Kier molecular flexibility index (Phi) is 5.70. The van der Waals surface area contributed by atoms with E-state index in [1.54, 1.807) is 12.4 Å². The smallest absolute Gasteiger partial charge is 0.258 e. The van der Waals surface area contributed by atoms with Crippen LogP contribution in [-0.4, -0.2) is 36.0 Å². The molecular formula is C23H25N5O. The van der Waals surface area contributed by atoms with Gasteiger partial charge in [0.25, 0.3) is 5.91 Å². The quantitative estimate of drug-likeness (QED) is 0.699. The fourth-order valence-electron chi connectivity index (χ4n) is 3.49. The predicted octanol–water partition coefficient (Wildman–Crippen LogP) is 4.49. The van der Waals surface area contributed by atoms with Crippen LogP contribution in [-0.2, 0) is 0 Å². The number of benzene rings is 2. The van der Waals surface area contributed by atoms with Crippen molar-refractivity contribution in [2.24, 2.45) is 0 Å². The monoisotopic (exact) mass is 387 g/mol. The molecule has 0 radical (unpaired) electrons. The largest absolute Gasteiger partial charge is 0.372 e. The van der Waals surface area contributed by atoms with E-state index in [1.807, 2.05) is 54.4 Å². The first-order valence-electron chi connectivity index (χ1n) is 9.98. The lowest BCUT2D eigenvalue weighted by Gasteiger charge is -2.28. The lowest BCUT2D eigenvalue weighted by molar-refractivity contribution is 0.102. The third-order valence-electron chi connectivity index (χ3n) is 5.19. The van der Waals surface area contributed by atoms with E-state index in [1.165, 1.54) is 24.9 Å². The van der Waals surface area contributed by atoms with Crippen molar-refractivity contribution in [1.29, 1.82) is 0 Å². The van der Waals surface area contributed by atoms with Crippen LogP contribution in [0.2, 0.25) is 0 Å². The van der Waals surface area contributed by atoms with Gasteiger partial charge in [0.15, 0.2) is 0 Å². The Morgan fingerprint density at radius 1 is 0.931 bits per heavy atom. The van der Waals surface area contributed by atoms with Crippen molar-refractivity contribution in [3.05, 3.63) is 72.6 Å². The van der Waals surface area contributed by atoms with Crippen LogP contribution in [0.25, 0.3) is 0 Å². The van der Waals surface area contributed by atoms with Crippen LogP contribution < -0.4 is 15.1 Å². The molecule has 4 rings (SSSR count). The second-order valence-electron chi connectivity index (χ2n) is 7.22. The maximum Gasteiger partial charge on any atom is 0.258 e. The predicted molar refractivity (Wildman–Crippen MR) is 117 cm³/mol. The third kappa shape index (κ3) is 4.54. The van der Waals surface area contributed by atoms with Crippen LogP contribution in [0.5, 0.6) is 0 Å². The number of amides is 1. The Hall–Kier alpha value is -3.41. The Labute approximate surface area is 171 Å². The lowest BCUT2D eigenvalue weighted by Crippen LogP contribution is -2.29. The van der Waals surface area contributed by atoms with Gasteiger partial charge in [-0.1, -0.05) is 18.2 Å². The van der Waals surface area contributed by atoms with Gasteiger partial charge < -0.3 is 15.1 Å². The summed E-state index contributed by atoms with van der Waals surface area (Å²) in [6.45, 7) is 2.21. The summed E-state index contributed by atoms with van der Waals surface area (Å²) in [4.78, 5) is 25.5. The number of nitrogens with zero attached hydrogens (tertiary/aromatic N) is 4. The second-order valence-corrected chi connectivity index (χ2v) is 7.22. The first-order valence-corrected chi connectivity index (χ1v) is 9.98. The second kappa shape index (κ2) is 8.73. The molecule has 1 fully saturated rings. The Bertz CT molecular complexity index is 935. The number of carbonyl (C=O) groups is 1. The Morgan fingerprint density at radius 2 is 1.59 bits per heavy atom. The number of piperidine rings is 1. The maximum atomic E-state index is 12.5. The molecule has 0 unspecified atom stereocenters. The Morgan fingerprint density at radius 3 is 2.24 bits per heavy atom. The van der Waals surface area contributed by atoms with Crippen LogP contribution in [0.1, 0.15) is 29.6 Å². The number of anilines is 4.